The van der Waals surface area contributed by atoms with Gasteiger partial charge in [0, 0.05) is 31.9 Å². The molecule has 0 saturated carbocycles. The lowest BCUT2D eigenvalue weighted by Crippen LogP contribution is -2.46. The Labute approximate surface area is 184 Å². The molecule has 0 radical (unpaired) electrons. The molecule has 1 N–H and O–H groups in total. The zero-order valence-corrected chi connectivity index (χ0v) is 18.4. The van der Waals surface area contributed by atoms with E-state index in [1.165, 1.54) is 18.7 Å². The first-order valence-corrected chi connectivity index (χ1v) is 10.9. The molecular weight excluding hydrogens is 386 g/mol. The van der Waals surface area contributed by atoms with E-state index in [1.807, 2.05) is 30.5 Å². The van der Waals surface area contributed by atoms with E-state index in [0.717, 1.165) is 49.3 Å². The topological polar surface area (TPSA) is 59.9 Å². The van der Waals surface area contributed by atoms with Crippen LogP contribution in [-0.4, -0.2) is 79.3 Å². The fourth-order valence-corrected chi connectivity index (χ4v) is 3.80. The smallest absolute Gasteiger partial charge is 0.165 e. The highest BCUT2D eigenvalue weighted by Gasteiger charge is 2.16. The van der Waals surface area contributed by atoms with Crippen LogP contribution in [0.25, 0.3) is 11.0 Å². The molecule has 1 aromatic heterocycles. The van der Waals surface area contributed by atoms with Gasteiger partial charge in [0.2, 0.25) is 0 Å². The second-order valence-corrected chi connectivity index (χ2v) is 8.19. The van der Waals surface area contributed by atoms with E-state index < -0.39 is 0 Å². The average molecular weight is 418 g/mol. The first-order valence-electron chi connectivity index (χ1n) is 10.9. The highest BCUT2D eigenvalue weighted by molar-refractivity contribution is 5.81. The van der Waals surface area contributed by atoms with Crippen molar-refractivity contribution in [1.29, 1.82) is 0 Å². The normalized spacial score (nSPS) is 15.3. The molecule has 0 bridgehead atoms. The van der Waals surface area contributed by atoms with Crippen molar-refractivity contribution in [2.45, 2.75) is 6.42 Å². The third-order valence-corrected chi connectivity index (χ3v) is 5.55. The third-order valence-electron chi connectivity index (χ3n) is 5.55. The van der Waals surface area contributed by atoms with Gasteiger partial charge in [-0.3, -0.25) is 15.3 Å². The second kappa shape index (κ2) is 10.3. The van der Waals surface area contributed by atoms with Gasteiger partial charge in [0.15, 0.2) is 5.82 Å². The molecule has 2 aromatic carbocycles. The van der Waals surface area contributed by atoms with E-state index in [4.69, 9.17) is 0 Å². The van der Waals surface area contributed by atoms with Crippen LogP contribution in [0.3, 0.4) is 0 Å². The molecule has 0 spiro atoms. The van der Waals surface area contributed by atoms with Gasteiger partial charge in [-0.25, -0.2) is 4.98 Å². The Morgan fingerprint density at radius 2 is 1.74 bits per heavy atom. The molecule has 3 aromatic rings. The molecule has 7 heteroatoms. The zero-order chi connectivity index (χ0) is 21.5. The largest absolute Gasteiger partial charge is 0.369 e. The Morgan fingerprint density at radius 1 is 1.00 bits per heavy atom. The van der Waals surface area contributed by atoms with E-state index in [1.54, 1.807) is 6.20 Å². The molecule has 7 nitrogen and oxygen atoms in total. The minimum absolute atomic E-state index is 0.634. The van der Waals surface area contributed by atoms with Crippen LogP contribution in [0.15, 0.2) is 59.8 Å². The summed E-state index contributed by atoms with van der Waals surface area (Å²) >= 11 is 0. The number of hydrogen-bond acceptors (Lipinski definition) is 7. The summed E-state index contributed by atoms with van der Waals surface area (Å²) in [5, 5.41) is 4.31. The maximum atomic E-state index is 4.51. The van der Waals surface area contributed by atoms with Crippen molar-refractivity contribution in [2.24, 2.45) is 5.10 Å². The number of hydrazone groups is 1. The van der Waals surface area contributed by atoms with Crippen molar-refractivity contribution in [3.05, 3.63) is 60.3 Å². The van der Waals surface area contributed by atoms with Crippen LogP contribution in [-0.2, 0) is 0 Å². The van der Waals surface area contributed by atoms with Crippen molar-refractivity contribution in [2.75, 3.05) is 63.7 Å². The number of aromatic nitrogens is 2. The number of fused-ring (bicyclic) bond motifs is 1. The molecule has 1 aliphatic rings. The Balaban J connectivity index is 1.26. The van der Waals surface area contributed by atoms with E-state index in [-0.39, 0.29) is 0 Å². The van der Waals surface area contributed by atoms with Gasteiger partial charge in [-0.15, -0.1) is 0 Å². The van der Waals surface area contributed by atoms with E-state index in [0.29, 0.717) is 5.82 Å². The molecule has 1 aliphatic heterocycles. The average Bonchev–Trinajstić information content (AvgIpc) is 2.80. The molecule has 0 atom stereocenters. The second-order valence-electron chi connectivity index (χ2n) is 8.19. The summed E-state index contributed by atoms with van der Waals surface area (Å²) in [7, 11) is 4.28. The molecular formula is C24H31N7. The van der Waals surface area contributed by atoms with Gasteiger partial charge in [-0.05, 0) is 63.4 Å². The monoisotopic (exact) mass is 417 g/mol. The Morgan fingerprint density at radius 3 is 2.48 bits per heavy atom. The number of nitrogens with one attached hydrogen (secondary N) is 1. The maximum Gasteiger partial charge on any atom is 0.165 e. The molecule has 1 saturated heterocycles. The van der Waals surface area contributed by atoms with Crippen LogP contribution < -0.4 is 10.3 Å². The molecule has 162 valence electrons. The summed E-state index contributed by atoms with van der Waals surface area (Å²) in [5.74, 6) is 0.634. The Bertz CT molecular complexity index is 992. The summed E-state index contributed by atoms with van der Waals surface area (Å²) in [6.07, 6.45) is 4.74. The van der Waals surface area contributed by atoms with Gasteiger partial charge < -0.3 is 9.80 Å². The first kappa shape index (κ1) is 21.2. The number of anilines is 2. The number of nitrogens with zero attached hydrogens (tertiary/aromatic N) is 6. The Kier molecular flexibility index (Phi) is 7.07. The number of rotatable bonds is 8. The maximum absolute atomic E-state index is 4.51. The predicted octanol–water partition coefficient (Wildman–Crippen LogP) is 3.15. The van der Waals surface area contributed by atoms with Crippen molar-refractivity contribution in [3.63, 3.8) is 0 Å². The highest BCUT2D eigenvalue weighted by Crippen LogP contribution is 2.17. The quantitative estimate of drug-likeness (QED) is 0.449. The van der Waals surface area contributed by atoms with E-state index in [2.05, 4.69) is 73.6 Å². The first-order chi connectivity index (χ1) is 15.2. The van der Waals surface area contributed by atoms with Crippen molar-refractivity contribution in [3.8, 4) is 0 Å². The van der Waals surface area contributed by atoms with Crippen LogP contribution in [0.2, 0.25) is 0 Å². The van der Waals surface area contributed by atoms with Crippen LogP contribution in [0.4, 0.5) is 11.5 Å². The van der Waals surface area contributed by atoms with Crippen molar-refractivity contribution >= 4 is 28.8 Å². The van der Waals surface area contributed by atoms with E-state index >= 15 is 0 Å². The van der Waals surface area contributed by atoms with Gasteiger partial charge in [-0.1, -0.05) is 24.3 Å². The zero-order valence-electron chi connectivity index (χ0n) is 18.4. The fraction of sp³-hybridized carbons (Fsp3) is 0.375. The number of hydrogen-bond donors (Lipinski definition) is 1. The number of para-hydroxylation sites is 2. The molecule has 1 fully saturated rings. The SMILES string of the molecule is CN(C)CCCN1CCN(c2ccc(C=NNc3cnc4ccccc4n3)cc2)CC1. The summed E-state index contributed by atoms with van der Waals surface area (Å²) in [5.41, 5.74) is 7.02. The summed E-state index contributed by atoms with van der Waals surface area (Å²) in [4.78, 5) is 16.2. The Hall–Kier alpha value is -3.03. The molecule has 4 rings (SSSR count). The fourth-order valence-electron chi connectivity index (χ4n) is 3.80. The lowest BCUT2D eigenvalue weighted by Gasteiger charge is -2.36. The van der Waals surface area contributed by atoms with Crippen LogP contribution in [0.5, 0.6) is 0 Å². The van der Waals surface area contributed by atoms with E-state index in [9.17, 15) is 0 Å². The van der Waals surface area contributed by atoms with Crippen LogP contribution in [0.1, 0.15) is 12.0 Å². The number of piperazine rings is 1. The van der Waals surface area contributed by atoms with Crippen LogP contribution in [0, 0.1) is 0 Å². The van der Waals surface area contributed by atoms with Gasteiger partial charge in [0.1, 0.15) is 0 Å². The molecule has 2 heterocycles. The van der Waals surface area contributed by atoms with Crippen LogP contribution >= 0.6 is 0 Å². The van der Waals surface area contributed by atoms with Gasteiger partial charge in [0.05, 0.1) is 23.4 Å². The molecule has 0 amide bonds. The molecule has 0 aliphatic carbocycles. The summed E-state index contributed by atoms with van der Waals surface area (Å²) in [6.45, 7) is 6.78. The summed E-state index contributed by atoms with van der Waals surface area (Å²) < 4.78 is 0. The lowest BCUT2D eigenvalue weighted by atomic mass is 10.2. The third kappa shape index (κ3) is 5.99. The molecule has 0 unspecified atom stereocenters. The van der Waals surface area contributed by atoms with Crippen molar-refractivity contribution in [1.82, 2.24) is 19.8 Å². The minimum atomic E-state index is 0.634. The minimum Gasteiger partial charge on any atom is -0.369 e. The van der Waals surface area contributed by atoms with Gasteiger partial charge >= 0.3 is 0 Å². The highest BCUT2D eigenvalue weighted by atomic mass is 15.3. The summed E-state index contributed by atoms with van der Waals surface area (Å²) in [6, 6.07) is 16.4. The van der Waals surface area contributed by atoms with Gasteiger partial charge in [0.25, 0.3) is 0 Å². The van der Waals surface area contributed by atoms with Crippen molar-refractivity contribution < 1.29 is 0 Å². The molecule has 31 heavy (non-hydrogen) atoms. The standard InChI is InChI=1S/C24H31N7/c1-29(2)12-5-13-30-14-16-31(17-15-30)21-10-8-20(9-11-21)18-26-28-24-19-25-22-6-3-4-7-23(22)27-24/h3-4,6-11,18-19H,5,12-17H2,1-2H3,(H,27,28). The van der Waals surface area contributed by atoms with Gasteiger partial charge in [-0.2, -0.15) is 5.10 Å². The predicted molar refractivity (Wildman–Crippen MR) is 129 cm³/mol. The lowest BCUT2D eigenvalue weighted by molar-refractivity contribution is 0.242. The number of benzene rings is 2.